The number of ether oxygens (including phenoxy) is 1. The van der Waals surface area contributed by atoms with Gasteiger partial charge in [0.25, 0.3) is 0 Å². The van der Waals surface area contributed by atoms with Crippen LogP contribution < -0.4 is 4.74 Å². The lowest BCUT2D eigenvalue weighted by molar-refractivity contribution is -0.139. The van der Waals surface area contributed by atoms with Crippen molar-refractivity contribution in [3.8, 4) is 11.8 Å². The number of carbonyl (C=O) groups excluding carboxylic acids is 1. The molecule has 0 spiro atoms. The van der Waals surface area contributed by atoms with E-state index < -0.39 is 5.41 Å². The van der Waals surface area contributed by atoms with E-state index in [1.807, 2.05) is 30.3 Å². The molecule has 0 unspecified atom stereocenters. The van der Waals surface area contributed by atoms with Crippen LogP contribution in [0, 0.1) is 16.7 Å². The first-order valence-electron chi connectivity index (χ1n) is 7.64. The highest BCUT2D eigenvalue weighted by Crippen LogP contribution is 2.18. The number of carbonyl (C=O) groups is 1. The summed E-state index contributed by atoms with van der Waals surface area (Å²) in [6.45, 7) is 7.84. The average Bonchev–Trinajstić information content (AvgIpc) is 2.56. The highest BCUT2D eigenvalue weighted by Gasteiger charge is 2.33. The summed E-state index contributed by atoms with van der Waals surface area (Å²) < 4.78 is 5.69. The summed E-state index contributed by atoms with van der Waals surface area (Å²) >= 11 is 0. The van der Waals surface area contributed by atoms with Crippen LogP contribution in [0.5, 0.6) is 5.75 Å². The third kappa shape index (κ3) is 4.22. The number of hydrogen-bond donors (Lipinski definition) is 0. The summed E-state index contributed by atoms with van der Waals surface area (Å²) in [6, 6.07) is 11.8. The predicted octanol–water partition coefficient (Wildman–Crippen LogP) is 1.76. The normalized spacial score (nSPS) is 16.1. The van der Waals surface area contributed by atoms with Crippen molar-refractivity contribution < 1.29 is 9.53 Å². The van der Waals surface area contributed by atoms with Gasteiger partial charge in [0.1, 0.15) is 17.8 Å². The topological polar surface area (TPSA) is 56.6 Å². The van der Waals surface area contributed by atoms with Crippen LogP contribution in [0.1, 0.15) is 13.8 Å². The maximum Gasteiger partial charge on any atom is 0.242 e. The van der Waals surface area contributed by atoms with Gasteiger partial charge in [-0.2, -0.15) is 5.26 Å². The highest BCUT2D eigenvalue weighted by atomic mass is 16.5. The van der Waals surface area contributed by atoms with Gasteiger partial charge in [-0.1, -0.05) is 18.2 Å². The Balaban J connectivity index is 1.71. The summed E-state index contributed by atoms with van der Waals surface area (Å²) in [5.74, 6) is 0.808. The van der Waals surface area contributed by atoms with Gasteiger partial charge in [0.05, 0.1) is 6.07 Å². The van der Waals surface area contributed by atoms with E-state index in [1.165, 1.54) is 0 Å². The molecule has 1 amide bonds. The van der Waals surface area contributed by atoms with E-state index in [9.17, 15) is 4.79 Å². The number of para-hydroxylation sites is 1. The summed E-state index contributed by atoms with van der Waals surface area (Å²) in [5.41, 5.74) is -0.932. The van der Waals surface area contributed by atoms with Crippen molar-refractivity contribution in [3.05, 3.63) is 30.3 Å². The molecule has 1 saturated heterocycles. The number of amides is 1. The molecule has 118 valence electrons. The Labute approximate surface area is 132 Å². The van der Waals surface area contributed by atoms with Crippen molar-refractivity contribution in [1.82, 2.24) is 9.80 Å². The number of benzene rings is 1. The van der Waals surface area contributed by atoms with Crippen LogP contribution in [-0.4, -0.2) is 55.0 Å². The molecule has 1 aliphatic rings. The second kappa shape index (κ2) is 7.28. The van der Waals surface area contributed by atoms with Crippen molar-refractivity contribution in [3.63, 3.8) is 0 Å². The molecule has 0 radical (unpaired) electrons. The number of piperazine rings is 1. The van der Waals surface area contributed by atoms with Crippen molar-refractivity contribution >= 4 is 5.91 Å². The molecule has 2 rings (SSSR count). The lowest BCUT2D eigenvalue weighted by Gasteiger charge is -2.36. The molecule has 5 heteroatoms. The fraction of sp³-hybridized carbons (Fsp3) is 0.529. The minimum Gasteiger partial charge on any atom is -0.492 e. The molecule has 22 heavy (non-hydrogen) atoms. The minimum absolute atomic E-state index is 0.0739. The predicted molar refractivity (Wildman–Crippen MR) is 84.4 cm³/mol. The maximum atomic E-state index is 12.2. The molecule has 0 aromatic heterocycles. The molecule has 0 aliphatic carbocycles. The molecule has 0 atom stereocenters. The van der Waals surface area contributed by atoms with Crippen LogP contribution in [0.3, 0.4) is 0 Å². The highest BCUT2D eigenvalue weighted by molar-refractivity contribution is 5.84. The van der Waals surface area contributed by atoms with E-state index >= 15 is 0 Å². The first-order valence-corrected chi connectivity index (χ1v) is 7.64. The van der Waals surface area contributed by atoms with Crippen LogP contribution in [0.15, 0.2) is 30.3 Å². The Morgan fingerprint density at radius 1 is 1.23 bits per heavy atom. The minimum atomic E-state index is -0.932. The molecule has 1 heterocycles. The molecule has 0 saturated carbocycles. The van der Waals surface area contributed by atoms with Gasteiger partial charge in [0.15, 0.2) is 0 Å². The standard InChI is InChI=1S/C17H23N3O2/c1-17(2,14-18)16(21)20-10-8-19(9-11-20)12-13-22-15-6-4-3-5-7-15/h3-7H,8-13H2,1-2H3. The van der Waals surface area contributed by atoms with Gasteiger partial charge in [-0.3, -0.25) is 9.69 Å². The zero-order chi connectivity index (χ0) is 16.0. The molecule has 1 fully saturated rings. The van der Waals surface area contributed by atoms with Crippen LogP contribution >= 0.6 is 0 Å². The summed E-state index contributed by atoms with van der Waals surface area (Å²) in [6.07, 6.45) is 0. The third-order valence-corrected chi connectivity index (χ3v) is 3.89. The Bertz CT molecular complexity index is 529. The maximum absolute atomic E-state index is 12.2. The van der Waals surface area contributed by atoms with Crippen LogP contribution in [0.4, 0.5) is 0 Å². The van der Waals surface area contributed by atoms with Gasteiger partial charge in [0.2, 0.25) is 5.91 Å². The van der Waals surface area contributed by atoms with Gasteiger partial charge >= 0.3 is 0 Å². The van der Waals surface area contributed by atoms with Crippen molar-refractivity contribution in [2.24, 2.45) is 5.41 Å². The van der Waals surface area contributed by atoms with Gasteiger partial charge in [-0.25, -0.2) is 0 Å². The molecule has 0 N–H and O–H groups in total. The second-order valence-electron chi connectivity index (χ2n) is 6.03. The lowest BCUT2D eigenvalue weighted by atomic mass is 9.93. The lowest BCUT2D eigenvalue weighted by Crippen LogP contribution is -2.52. The van der Waals surface area contributed by atoms with E-state index in [2.05, 4.69) is 11.0 Å². The molecule has 5 nitrogen and oxygen atoms in total. The smallest absolute Gasteiger partial charge is 0.242 e. The van der Waals surface area contributed by atoms with E-state index in [0.29, 0.717) is 19.7 Å². The first-order chi connectivity index (χ1) is 10.5. The second-order valence-corrected chi connectivity index (χ2v) is 6.03. The Morgan fingerprint density at radius 3 is 2.45 bits per heavy atom. The number of rotatable bonds is 5. The average molecular weight is 301 g/mol. The summed E-state index contributed by atoms with van der Waals surface area (Å²) in [4.78, 5) is 16.3. The van der Waals surface area contributed by atoms with Crippen LogP contribution in [-0.2, 0) is 4.79 Å². The molecule has 1 aromatic carbocycles. The van der Waals surface area contributed by atoms with Crippen molar-refractivity contribution in [2.45, 2.75) is 13.8 Å². The van der Waals surface area contributed by atoms with Crippen molar-refractivity contribution in [2.75, 3.05) is 39.3 Å². The fourth-order valence-electron chi connectivity index (χ4n) is 2.43. The monoisotopic (exact) mass is 301 g/mol. The van der Waals surface area contributed by atoms with E-state index in [4.69, 9.17) is 10.00 Å². The Hall–Kier alpha value is -2.06. The molecular formula is C17H23N3O2. The fourth-order valence-corrected chi connectivity index (χ4v) is 2.43. The van der Waals surface area contributed by atoms with Crippen molar-refractivity contribution in [1.29, 1.82) is 5.26 Å². The zero-order valence-corrected chi connectivity index (χ0v) is 13.3. The summed E-state index contributed by atoms with van der Waals surface area (Å²) in [7, 11) is 0. The quantitative estimate of drug-likeness (QED) is 0.831. The Kier molecular flexibility index (Phi) is 5.40. The SMILES string of the molecule is CC(C)(C#N)C(=O)N1CCN(CCOc2ccccc2)CC1. The number of nitrogens with zero attached hydrogens (tertiary/aromatic N) is 3. The Morgan fingerprint density at radius 2 is 1.86 bits per heavy atom. The summed E-state index contributed by atoms with van der Waals surface area (Å²) in [5, 5.41) is 9.05. The molecule has 1 aliphatic heterocycles. The van der Waals surface area contributed by atoms with Gasteiger partial charge in [0, 0.05) is 32.7 Å². The van der Waals surface area contributed by atoms with E-state index in [1.54, 1.807) is 18.7 Å². The van der Waals surface area contributed by atoms with Crippen LogP contribution in [0.25, 0.3) is 0 Å². The number of hydrogen-bond acceptors (Lipinski definition) is 4. The molecule has 0 bridgehead atoms. The van der Waals surface area contributed by atoms with Crippen LogP contribution in [0.2, 0.25) is 0 Å². The van der Waals surface area contributed by atoms with E-state index in [-0.39, 0.29) is 5.91 Å². The number of nitriles is 1. The van der Waals surface area contributed by atoms with Gasteiger partial charge in [-0.15, -0.1) is 0 Å². The zero-order valence-electron chi connectivity index (χ0n) is 13.3. The third-order valence-electron chi connectivity index (χ3n) is 3.89. The van der Waals surface area contributed by atoms with Gasteiger partial charge < -0.3 is 9.64 Å². The molecular weight excluding hydrogens is 278 g/mol. The van der Waals surface area contributed by atoms with Gasteiger partial charge in [-0.05, 0) is 26.0 Å². The first kappa shape index (κ1) is 16.3. The largest absolute Gasteiger partial charge is 0.492 e. The molecule has 1 aromatic rings. The van der Waals surface area contributed by atoms with E-state index in [0.717, 1.165) is 25.4 Å².